The molecule has 0 bridgehead atoms. The van der Waals surface area contributed by atoms with Crippen LogP contribution < -0.4 is 0 Å². The lowest BCUT2D eigenvalue weighted by Crippen LogP contribution is -2.43. The first kappa shape index (κ1) is 19.7. The van der Waals surface area contributed by atoms with Gasteiger partial charge in [0.05, 0.1) is 6.61 Å². The minimum Gasteiger partial charge on any atom is -0.463 e. The first-order chi connectivity index (χ1) is 11.0. The maximum absolute atomic E-state index is 12.6. The first-order valence-corrected chi connectivity index (χ1v) is 8.68. The van der Waals surface area contributed by atoms with Crippen molar-refractivity contribution in [2.45, 2.75) is 46.1 Å². The number of rotatable bonds is 10. The van der Waals surface area contributed by atoms with Gasteiger partial charge in [0.25, 0.3) is 0 Å². The van der Waals surface area contributed by atoms with Crippen molar-refractivity contribution < 1.29 is 14.6 Å². The second-order valence-electron chi connectivity index (χ2n) is 5.96. The molecule has 0 amide bonds. The van der Waals surface area contributed by atoms with Gasteiger partial charge < -0.3 is 14.7 Å². The van der Waals surface area contributed by atoms with E-state index in [1.165, 1.54) is 0 Å². The highest BCUT2D eigenvalue weighted by molar-refractivity contribution is 5.81. The summed E-state index contributed by atoms with van der Waals surface area (Å²) in [6, 6.07) is 9.09. The summed E-state index contributed by atoms with van der Waals surface area (Å²) in [5, 5.41) is 11.0. The number of carbonyl (C=O) groups is 1. The lowest BCUT2D eigenvalue weighted by molar-refractivity contribution is -0.173. The lowest BCUT2D eigenvalue weighted by atomic mass is 9.81. The minimum atomic E-state index is -1.58. The molecule has 4 nitrogen and oxygen atoms in total. The minimum absolute atomic E-state index is 0.208. The van der Waals surface area contributed by atoms with Gasteiger partial charge in [0, 0.05) is 6.54 Å². The third-order valence-electron chi connectivity index (χ3n) is 4.60. The van der Waals surface area contributed by atoms with Gasteiger partial charge >= 0.3 is 5.97 Å². The van der Waals surface area contributed by atoms with Crippen molar-refractivity contribution >= 4 is 5.97 Å². The molecule has 0 aromatic heterocycles. The van der Waals surface area contributed by atoms with Crippen LogP contribution >= 0.6 is 0 Å². The molecular formula is C19H31NO3. The summed E-state index contributed by atoms with van der Waals surface area (Å²) in [4.78, 5) is 14.8. The van der Waals surface area contributed by atoms with Gasteiger partial charge in [-0.25, -0.2) is 4.79 Å². The summed E-state index contributed by atoms with van der Waals surface area (Å²) in [5.41, 5.74) is -0.978. The Labute approximate surface area is 140 Å². The molecule has 23 heavy (non-hydrogen) atoms. The normalized spacial score (nSPS) is 15.2. The number of esters is 1. The number of nitrogens with zero attached hydrogens (tertiary/aromatic N) is 1. The summed E-state index contributed by atoms with van der Waals surface area (Å²) in [7, 11) is 0. The van der Waals surface area contributed by atoms with Crippen LogP contribution in [0.2, 0.25) is 0 Å². The molecule has 1 rings (SSSR count). The van der Waals surface area contributed by atoms with Crippen molar-refractivity contribution in [1.82, 2.24) is 4.90 Å². The molecule has 0 saturated carbocycles. The van der Waals surface area contributed by atoms with Gasteiger partial charge in [-0.1, -0.05) is 58.0 Å². The Bertz CT molecular complexity index is 459. The van der Waals surface area contributed by atoms with Crippen LogP contribution in [0.15, 0.2) is 30.3 Å². The van der Waals surface area contributed by atoms with Crippen molar-refractivity contribution in [3.8, 4) is 0 Å². The zero-order valence-electron chi connectivity index (χ0n) is 14.9. The summed E-state index contributed by atoms with van der Waals surface area (Å²) < 4.78 is 5.41. The Morgan fingerprint density at radius 3 is 2.35 bits per heavy atom. The quantitative estimate of drug-likeness (QED) is 0.531. The highest BCUT2D eigenvalue weighted by Gasteiger charge is 2.43. The van der Waals surface area contributed by atoms with Crippen molar-refractivity contribution in [3.63, 3.8) is 0 Å². The maximum Gasteiger partial charge on any atom is 0.343 e. The van der Waals surface area contributed by atoms with E-state index in [9.17, 15) is 9.90 Å². The Kier molecular flexibility index (Phi) is 8.28. The third-order valence-corrected chi connectivity index (χ3v) is 4.60. The lowest BCUT2D eigenvalue weighted by Gasteiger charge is -2.32. The number of hydrogen-bond donors (Lipinski definition) is 1. The fraction of sp³-hybridized carbons (Fsp3) is 0.632. The first-order valence-electron chi connectivity index (χ1n) is 8.68. The summed E-state index contributed by atoms with van der Waals surface area (Å²) >= 11 is 0. The van der Waals surface area contributed by atoms with E-state index in [1.54, 1.807) is 12.1 Å². The molecule has 2 unspecified atom stereocenters. The van der Waals surface area contributed by atoms with Crippen molar-refractivity contribution in [2.24, 2.45) is 5.92 Å². The second-order valence-corrected chi connectivity index (χ2v) is 5.96. The van der Waals surface area contributed by atoms with Gasteiger partial charge in [-0.3, -0.25) is 0 Å². The SMILES string of the molecule is CCC(C)C(O)(C(=O)OCCCN(CC)CC)c1ccccc1. The van der Waals surface area contributed by atoms with Crippen LogP contribution in [0.1, 0.15) is 46.1 Å². The predicted molar refractivity (Wildman–Crippen MR) is 93.2 cm³/mol. The Morgan fingerprint density at radius 1 is 1.22 bits per heavy atom. The van der Waals surface area contributed by atoms with Gasteiger partial charge in [0.15, 0.2) is 5.60 Å². The van der Waals surface area contributed by atoms with Crippen molar-refractivity contribution in [3.05, 3.63) is 35.9 Å². The second kappa shape index (κ2) is 9.68. The Hall–Kier alpha value is -1.39. The van der Waals surface area contributed by atoms with Crippen molar-refractivity contribution in [1.29, 1.82) is 0 Å². The van der Waals surface area contributed by atoms with Crippen LogP contribution in [0.4, 0.5) is 0 Å². The van der Waals surface area contributed by atoms with Crippen molar-refractivity contribution in [2.75, 3.05) is 26.2 Å². The van der Waals surface area contributed by atoms with Gasteiger partial charge in [0.1, 0.15) is 0 Å². The van der Waals surface area contributed by atoms with Crippen LogP contribution in [-0.2, 0) is 15.1 Å². The number of hydrogen-bond acceptors (Lipinski definition) is 4. The number of carbonyl (C=O) groups excluding carboxylic acids is 1. The molecular weight excluding hydrogens is 290 g/mol. The van der Waals surface area contributed by atoms with Crippen LogP contribution in [0.25, 0.3) is 0 Å². The summed E-state index contributed by atoms with van der Waals surface area (Å²) in [6.45, 7) is 11.3. The van der Waals surface area contributed by atoms with Gasteiger partial charge in [0.2, 0.25) is 0 Å². The largest absolute Gasteiger partial charge is 0.463 e. The van der Waals surface area contributed by atoms with Gasteiger partial charge in [-0.15, -0.1) is 0 Å². The van der Waals surface area contributed by atoms with E-state index in [-0.39, 0.29) is 5.92 Å². The van der Waals surface area contributed by atoms with E-state index in [1.807, 2.05) is 32.0 Å². The number of ether oxygens (including phenoxy) is 1. The monoisotopic (exact) mass is 321 g/mol. The van der Waals surface area contributed by atoms with E-state index < -0.39 is 11.6 Å². The van der Waals surface area contributed by atoms with E-state index in [2.05, 4.69) is 18.7 Å². The van der Waals surface area contributed by atoms with Crippen LogP contribution in [-0.4, -0.2) is 42.2 Å². The summed E-state index contributed by atoms with van der Waals surface area (Å²) in [6.07, 6.45) is 1.47. The molecule has 0 heterocycles. The molecule has 0 aliphatic carbocycles. The zero-order chi connectivity index (χ0) is 17.3. The molecule has 4 heteroatoms. The van der Waals surface area contributed by atoms with Gasteiger partial charge in [-0.05, 0) is 37.4 Å². The highest BCUT2D eigenvalue weighted by Crippen LogP contribution is 2.33. The molecule has 0 aliphatic rings. The summed E-state index contributed by atoms with van der Waals surface area (Å²) in [5.74, 6) is -0.752. The average molecular weight is 321 g/mol. The molecule has 2 atom stereocenters. The average Bonchev–Trinajstić information content (AvgIpc) is 2.60. The maximum atomic E-state index is 12.6. The molecule has 1 aromatic carbocycles. The van der Waals surface area contributed by atoms with Crippen LogP contribution in [0, 0.1) is 5.92 Å². The molecule has 0 fully saturated rings. The van der Waals surface area contributed by atoms with Crippen LogP contribution in [0.5, 0.6) is 0 Å². The fourth-order valence-corrected chi connectivity index (χ4v) is 2.69. The van der Waals surface area contributed by atoms with Crippen LogP contribution in [0.3, 0.4) is 0 Å². The Balaban J connectivity index is 2.71. The smallest absolute Gasteiger partial charge is 0.343 e. The fourth-order valence-electron chi connectivity index (χ4n) is 2.69. The highest BCUT2D eigenvalue weighted by atomic mass is 16.5. The Morgan fingerprint density at radius 2 is 1.83 bits per heavy atom. The molecule has 0 spiro atoms. The van der Waals surface area contributed by atoms with E-state index in [0.717, 1.165) is 26.1 Å². The molecule has 0 aliphatic heterocycles. The van der Waals surface area contributed by atoms with E-state index in [0.29, 0.717) is 18.6 Å². The van der Waals surface area contributed by atoms with Gasteiger partial charge in [-0.2, -0.15) is 0 Å². The predicted octanol–water partition coefficient (Wildman–Crippen LogP) is 3.20. The molecule has 0 radical (unpaired) electrons. The molecule has 130 valence electrons. The zero-order valence-corrected chi connectivity index (χ0v) is 14.9. The molecule has 1 N–H and O–H groups in total. The standard InChI is InChI=1S/C19H31NO3/c1-5-16(4)19(22,17-12-9-8-10-13-17)18(21)23-15-11-14-20(6-2)7-3/h8-10,12-13,16,22H,5-7,11,14-15H2,1-4H3. The van der Waals surface area contributed by atoms with E-state index in [4.69, 9.17) is 4.74 Å². The molecule has 1 aromatic rings. The third kappa shape index (κ3) is 5.05. The number of aliphatic hydroxyl groups is 1. The van der Waals surface area contributed by atoms with E-state index >= 15 is 0 Å². The topological polar surface area (TPSA) is 49.8 Å². The molecule has 0 saturated heterocycles. The number of benzene rings is 1.